The first-order valence-corrected chi connectivity index (χ1v) is 5.70. The van der Waals surface area contributed by atoms with Gasteiger partial charge >= 0.3 is 0 Å². The predicted octanol–water partition coefficient (Wildman–Crippen LogP) is 1.93. The minimum atomic E-state index is 0.854. The van der Waals surface area contributed by atoms with Gasteiger partial charge in [-0.1, -0.05) is 6.92 Å². The number of rotatable bonds is 4. The van der Waals surface area contributed by atoms with Gasteiger partial charge in [0, 0.05) is 25.9 Å². The first kappa shape index (κ1) is 10.9. The Hall–Kier alpha value is -1.58. The van der Waals surface area contributed by atoms with Crippen molar-refractivity contribution in [3.05, 3.63) is 35.7 Å². The van der Waals surface area contributed by atoms with Crippen molar-refractivity contribution >= 4 is 0 Å². The Labute approximate surface area is 95.9 Å². The number of hydrogen-bond donors (Lipinski definition) is 0. The molecule has 2 heterocycles. The summed E-state index contributed by atoms with van der Waals surface area (Å²) in [5.41, 5.74) is 2.28. The predicted molar refractivity (Wildman–Crippen MR) is 63.3 cm³/mol. The zero-order chi connectivity index (χ0) is 11.5. The summed E-state index contributed by atoms with van der Waals surface area (Å²) in [7, 11) is 1.98. The van der Waals surface area contributed by atoms with Crippen LogP contribution in [0.2, 0.25) is 0 Å². The monoisotopic (exact) mass is 218 g/mol. The maximum Gasteiger partial charge on any atom is 0.108 e. The van der Waals surface area contributed by atoms with Crippen LogP contribution in [0.1, 0.15) is 30.6 Å². The smallest absolute Gasteiger partial charge is 0.108 e. The number of aryl methyl sites for hydroxylation is 3. The Kier molecular flexibility index (Phi) is 3.08. The fraction of sp³-hybridized carbons (Fsp3) is 0.500. The summed E-state index contributed by atoms with van der Waals surface area (Å²) in [6.07, 6.45) is 6.06. The van der Waals surface area contributed by atoms with Gasteiger partial charge < -0.3 is 4.57 Å². The number of aromatic nitrogens is 4. The third kappa shape index (κ3) is 2.15. The summed E-state index contributed by atoms with van der Waals surface area (Å²) in [5.74, 6) is 1.15. The summed E-state index contributed by atoms with van der Waals surface area (Å²) in [4.78, 5) is 4.37. The SMILES string of the molecule is CCCc1nccn1Cc1cc(C)nn1C. The summed E-state index contributed by atoms with van der Waals surface area (Å²) in [6.45, 7) is 5.05. The van der Waals surface area contributed by atoms with Crippen LogP contribution in [0.25, 0.3) is 0 Å². The van der Waals surface area contributed by atoms with Crippen LogP contribution in [-0.2, 0) is 20.0 Å². The number of nitrogens with zero attached hydrogens (tertiary/aromatic N) is 4. The van der Waals surface area contributed by atoms with Crippen molar-refractivity contribution in [2.75, 3.05) is 0 Å². The second-order valence-electron chi connectivity index (χ2n) is 4.12. The highest BCUT2D eigenvalue weighted by Crippen LogP contribution is 2.08. The van der Waals surface area contributed by atoms with Gasteiger partial charge in [-0.3, -0.25) is 4.68 Å². The maximum absolute atomic E-state index is 4.37. The van der Waals surface area contributed by atoms with Gasteiger partial charge in [0.25, 0.3) is 0 Å². The Morgan fingerprint density at radius 1 is 1.38 bits per heavy atom. The highest BCUT2D eigenvalue weighted by molar-refractivity contribution is 5.10. The lowest BCUT2D eigenvalue weighted by molar-refractivity contribution is 0.637. The summed E-state index contributed by atoms with van der Waals surface area (Å²) >= 11 is 0. The molecule has 4 nitrogen and oxygen atoms in total. The van der Waals surface area contributed by atoms with Crippen LogP contribution < -0.4 is 0 Å². The normalized spacial score (nSPS) is 10.9. The van der Waals surface area contributed by atoms with Gasteiger partial charge in [-0.15, -0.1) is 0 Å². The molecule has 0 saturated heterocycles. The lowest BCUT2D eigenvalue weighted by atomic mass is 10.3. The fourth-order valence-electron chi connectivity index (χ4n) is 1.92. The van der Waals surface area contributed by atoms with Crippen LogP contribution in [0.4, 0.5) is 0 Å². The molecule has 0 amide bonds. The lowest BCUT2D eigenvalue weighted by Crippen LogP contribution is -2.08. The van der Waals surface area contributed by atoms with Crippen LogP contribution in [0.5, 0.6) is 0 Å². The zero-order valence-electron chi connectivity index (χ0n) is 10.1. The fourth-order valence-corrected chi connectivity index (χ4v) is 1.92. The van der Waals surface area contributed by atoms with E-state index >= 15 is 0 Å². The minimum Gasteiger partial charge on any atom is -0.329 e. The van der Waals surface area contributed by atoms with Gasteiger partial charge in [-0.05, 0) is 19.4 Å². The molecular formula is C12H18N4. The molecule has 0 saturated carbocycles. The van der Waals surface area contributed by atoms with Crippen LogP contribution in [0, 0.1) is 6.92 Å². The molecule has 0 aliphatic heterocycles. The van der Waals surface area contributed by atoms with Crippen molar-refractivity contribution in [2.45, 2.75) is 33.2 Å². The average Bonchev–Trinajstić information content (AvgIpc) is 2.77. The Bertz CT molecular complexity index is 467. The summed E-state index contributed by atoms with van der Waals surface area (Å²) in [5, 5.41) is 4.35. The van der Waals surface area contributed by atoms with E-state index < -0.39 is 0 Å². The Balaban J connectivity index is 2.20. The third-order valence-electron chi connectivity index (χ3n) is 2.71. The Morgan fingerprint density at radius 2 is 2.19 bits per heavy atom. The van der Waals surface area contributed by atoms with E-state index in [-0.39, 0.29) is 0 Å². The molecule has 0 radical (unpaired) electrons. The highest BCUT2D eigenvalue weighted by Gasteiger charge is 2.06. The van der Waals surface area contributed by atoms with Crippen molar-refractivity contribution in [3.8, 4) is 0 Å². The van der Waals surface area contributed by atoms with Crippen LogP contribution in [0.15, 0.2) is 18.5 Å². The molecule has 0 aliphatic carbocycles. The van der Waals surface area contributed by atoms with Gasteiger partial charge in [-0.25, -0.2) is 4.98 Å². The molecule has 4 heteroatoms. The molecule has 0 aromatic carbocycles. The van der Waals surface area contributed by atoms with Crippen LogP contribution in [-0.4, -0.2) is 19.3 Å². The van der Waals surface area contributed by atoms with Crippen LogP contribution in [0.3, 0.4) is 0 Å². The van der Waals surface area contributed by atoms with Gasteiger partial charge in [0.15, 0.2) is 0 Å². The lowest BCUT2D eigenvalue weighted by Gasteiger charge is -2.07. The molecule has 86 valence electrons. The van der Waals surface area contributed by atoms with E-state index in [1.807, 2.05) is 31.0 Å². The van der Waals surface area contributed by atoms with Crippen molar-refractivity contribution in [1.82, 2.24) is 19.3 Å². The van der Waals surface area contributed by atoms with Gasteiger partial charge in [0.1, 0.15) is 5.82 Å². The van der Waals surface area contributed by atoms with Crippen molar-refractivity contribution in [3.63, 3.8) is 0 Å². The van der Waals surface area contributed by atoms with Gasteiger partial charge in [0.2, 0.25) is 0 Å². The van der Waals surface area contributed by atoms with E-state index in [0.717, 1.165) is 30.9 Å². The topological polar surface area (TPSA) is 35.6 Å². The highest BCUT2D eigenvalue weighted by atomic mass is 15.3. The quantitative estimate of drug-likeness (QED) is 0.786. The molecule has 0 fully saturated rings. The third-order valence-corrected chi connectivity index (χ3v) is 2.71. The van der Waals surface area contributed by atoms with Crippen molar-refractivity contribution in [2.24, 2.45) is 7.05 Å². The standard InChI is InChI=1S/C12H18N4/c1-4-5-12-13-6-7-16(12)9-11-8-10(2)14-15(11)3/h6-8H,4-5,9H2,1-3H3. The van der Waals surface area contributed by atoms with Gasteiger partial charge in [0.05, 0.1) is 17.9 Å². The molecule has 2 rings (SSSR count). The van der Waals surface area contributed by atoms with E-state index in [1.54, 1.807) is 0 Å². The zero-order valence-corrected chi connectivity index (χ0v) is 10.1. The number of hydrogen-bond acceptors (Lipinski definition) is 2. The van der Waals surface area contributed by atoms with E-state index in [2.05, 4.69) is 27.6 Å². The molecule has 0 unspecified atom stereocenters. The van der Waals surface area contributed by atoms with Crippen LogP contribution >= 0.6 is 0 Å². The second-order valence-corrected chi connectivity index (χ2v) is 4.12. The van der Waals surface area contributed by atoms with Crippen molar-refractivity contribution in [1.29, 1.82) is 0 Å². The largest absolute Gasteiger partial charge is 0.329 e. The first-order chi connectivity index (χ1) is 7.70. The molecule has 0 aliphatic rings. The molecule has 16 heavy (non-hydrogen) atoms. The van der Waals surface area contributed by atoms with Gasteiger partial charge in [-0.2, -0.15) is 5.10 Å². The summed E-state index contributed by atoms with van der Waals surface area (Å²) < 4.78 is 4.13. The van der Waals surface area contributed by atoms with E-state index in [4.69, 9.17) is 0 Å². The van der Waals surface area contributed by atoms with E-state index in [0.29, 0.717) is 0 Å². The molecule has 0 spiro atoms. The molecular weight excluding hydrogens is 200 g/mol. The average molecular weight is 218 g/mol. The Morgan fingerprint density at radius 3 is 2.81 bits per heavy atom. The molecule has 2 aromatic rings. The van der Waals surface area contributed by atoms with E-state index in [1.165, 1.54) is 5.69 Å². The van der Waals surface area contributed by atoms with Crippen molar-refractivity contribution < 1.29 is 0 Å². The second kappa shape index (κ2) is 4.51. The first-order valence-electron chi connectivity index (χ1n) is 5.70. The summed E-state index contributed by atoms with van der Waals surface area (Å²) in [6, 6.07) is 2.12. The maximum atomic E-state index is 4.37. The van der Waals surface area contributed by atoms with E-state index in [9.17, 15) is 0 Å². The molecule has 2 aromatic heterocycles. The molecule has 0 bridgehead atoms. The molecule has 0 N–H and O–H groups in total. The number of imidazole rings is 1. The minimum absolute atomic E-state index is 0.854. The molecule has 0 atom stereocenters.